The number of hydrogen-bond acceptors (Lipinski definition) is 3. The van der Waals surface area contributed by atoms with Crippen LogP contribution in [-0.4, -0.2) is 44.2 Å². The van der Waals surface area contributed by atoms with Gasteiger partial charge in [0.05, 0.1) is 6.04 Å². The minimum absolute atomic E-state index is 0.103. The van der Waals surface area contributed by atoms with Gasteiger partial charge in [0.15, 0.2) is 0 Å². The number of fused-ring (bicyclic) bond motifs is 1. The van der Waals surface area contributed by atoms with Crippen molar-refractivity contribution >= 4 is 11.7 Å². The second-order valence-corrected chi connectivity index (χ2v) is 7.87. The summed E-state index contributed by atoms with van der Waals surface area (Å²) in [5, 5.41) is 6.07. The molecular formula is C23H30N4O. The number of amides is 2. The van der Waals surface area contributed by atoms with Crippen molar-refractivity contribution in [3.63, 3.8) is 0 Å². The molecule has 1 fully saturated rings. The van der Waals surface area contributed by atoms with Crippen molar-refractivity contribution in [2.24, 2.45) is 0 Å². The predicted molar refractivity (Wildman–Crippen MR) is 114 cm³/mol. The van der Waals surface area contributed by atoms with Crippen LogP contribution in [0.1, 0.15) is 35.6 Å². The lowest BCUT2D eigenvalue weighted by molar-refractivity contribution is 0.220. The van der Waals surface area contributed by atoms with E-state index < -0.39 is 0 Å². The van der Waals surface area contributed by atoms with Crippen LogP contribution in [0.3, 0.4) is 0 Å². The number of nitrogens with one attached hydrogen (secondary N) is 2. The Morgan fingerprint density at radius 2 is 1.82 bits per heavy atom. The summed E-state index contributed by atoms with van der Waals surface area (Å²) in [5.41, 5.74) is 5.20. The third-order valence-corrected chi connectivity index (χ3v) is 5.95. The second-order valence-electron chi connectivity index (χ2n) is 7.87. The summed E-state index contributed by atoms with van der Waals surface area (Å²) in [6.07, 6.45) is 3.59. The molecule has 148 valence electrons. The molecule has 0 saturated carbocycles. The van der Waals surface area contributed by atoms with E-state index in [-0.39, 0.29) is 12.1 Å². The van der Waals surface area contributed by atoms with Gasteiger partial charge in [0.2, 0.25) is 0 Å². The fraction of sp³-hybridized carbons (Fsp3) is 0.435. The maximum absolute atomic E-state index is 12.3. The van der Waals surface area contributed by atoms with Crippen molar-refractivity contribution in [1.29, 1.82) is 0 Å². The molecule has 0 aliphatic carbocycles. The van der Waals surface area contributed by atoms with Gasteiger partial charge >= 0.3 is 6.03 Å². The van der Waals surface area contributed by atoms with Crippen molar-refractivity contribution in [3.8, 4) is 0 Å². The van der Waals surface area contributed by atoms with Gasteiger partial charge in [0.25, 0.3) is 0 Å². The van der Waals surface area contributed by atoms with Crippen molar-refractivity contribution in [1.82, 2.24) is 15.5 Å². The number of hydrogen-bond donors (Lipinski definition) is 2. The topological polar surface area (TPSA) is 47.6 Å². The molecular weight excluding hydrogens is 348 g/mol. The largest absolute Gasteiger partial charge is 0.374 e. The van der Waals surface area contributed by atoms with Crippen molar-refractivity contribution < 1.29 is 4.79 Å². The van der Waals surface area contributed by atoms with E-state index in [1.807, 2.05) is 30.3 Å². The first kappa shape index (κ1) is 18.8. The molecule has 2 aromatic rings. The number of nitrogens with zero attached hydrogens (tertiary/aromatic N) is 2. The molecule has 28 heavy (non-hydrogen) atoms. The SMILES string of the molecule is CN1CCc2cc(C(CNC(=O)NCc3ccccc3)N3CCCC3)ccc21. The Hall–Kier alpha value is -2.53. The summed E-state index contributed by atoms with van der Waals surface area (Å²) in [6.45, 7) is 4.48. The highest BCUT2D eigenvalue weighted by Gasteiger charge is 2.26. The minimum Gasteiger partial charge on any atom is -0.374 e. The van der Waals surface area contributed by atoms with E-state index >= 15 is 0 Å². The fourth-order valence-corrected chi connectivity index (χ4v) is 4.34. The molecule has 1 unspecified atom stereocenters. The fourth-order valence-electron chi connectivity index (χ4n) is 4.34. The van der Waals surface area contributed by atoms with Gasteiger partial charge in [-0.15, -0.1) is 0 Å². The Balaban J connectivity index is 1.40. The lowest BCUT2D eigenvalue weighted by Crippen LogP contribution is -2.41. The van der Waals surface area contributed by atoms with E-state index in [9.17, 15) is 4.79 Å². The quantitative estimate of drug-likeness (QED) is 0.811. The van der Waals surface area contributed by atoms with Gasteiger partial charge in [0.1, 0.15) is 0 Å². The zero-order valence-corrected chi connectivity index (χ0v) is 16.7. The lowest BCUT2D eigenvalue weighted by atomic mass is 10.0. The zero-order valence-electron chi connectivity index (χ0n) is 16.7. The van der Waals surface area contributed by atoms with Gasteiger partial charge in [-0.2, -0.15) is 0 Å². The Morgan fingerprint density at radius 3 is 2.61 bits per heavy atom. The second kappa shape index (κ2) is 8.65. The third kappa shape index (κ3) is 4.30. The van der Waals surface area contributed by atoms with E-state index in [0.29, 0.717) is 13.1 Å². The molecule has 2 aromatic carbocycles. The van der Waals surface area contributed by atoms with Crippen LogP contribution >= 0.6 is 0 Å². The third-order valence-electron chi connectivity index (χ3n) is 5.95. The highest BCUT2D eigenvalue weighted by molar-refractivity contribution is 5.73. The predicted octanol–water partition coefficient (Wildman–Crippen LogP) is 3.32. The average molecular weight is 379 g/mol. The molecule has 4 rings (SSSR count). The van der Waals surface area contributed by atoms with E-state index in [0.717, 1.165) is 31.6 Å². The van der Waals surface area contributed by atoms with E-state index in [1.54, 1.807) is 0 Å². The average Bonchev–Trinajstić information content (AvgIpc) is 3.38. The number of carbonyl (C=O) groups excluding carboxylic acids is 1. The molecule has 0 radical (unpaired) electrons. The number of benzene rings is 2. The number of likely N-dealkylation sites (tertiary alicyclic amines) is 1. The number of carbonyl (C=O) groups is 1. The van der Waals surface area contributed by atoms with Crippen LogP contribution in [0.2, 0.25) is 0 Å². The van der Waals surface area contributed by atoms with Crippen molar-refractivity contribution in [2.45, 2.75) is 31.8 Å². The lowest BCUT2D eigenvalue weighted by Gasteiger charge is -2.29. The number of rotatable bonds is 6. The molecule has 1 saturated heterocycles. The molecule has 5 heteroatoms. The molecule has 2 N–H and O–H groups in total. The van der Waals surface area contributed by atoms with Crippen LogP contribution in [0.4, 0.5) is 10.5 Å². The smallest absolute Gasteiger partial charge is 0.315 e. The van der Waals surface area contributed by atoms with Gasteiger partial charge in [-0.05, 0) is 55.1 Å². The highest BCUT2D eigenvalue weighted by Crippen LogP contribution is 2.32. The monoisotopic (exact) mass is 378 g/mol. The van der Waals surface area contributed by atoms with E-state index in [1.165, 1.54) is 29.7 Å². The molecule has 1 atom stereocenters. The van der Waals surface area contributed by atoms with Gasteiger partial charge in [-0.1, -0.05) is 42.5 Å². The van der Waals surface area contributed by atoms with Crippen LogP contribution in [0, 0.1) is 0 Å². The maximum Gasteiger partial charge on any atom is 0.315 e. The van der Waals surface area contributed by atoms with Gasteiger partial charge in [-0.25, -0.2) is 4.79 Å². The van der Waals surface area contributed by atoms with Crippen LogP contribution in [0.15, 0.2) is 48.5 Å². The number of anilines is 1. The summed E-state index contributed by atoms with van der Waals surface area (Å²) >= 11 is 0. The van der Waals surface area contributed by atoms with Crippen molar-refractivity contribution in [2.75, 3.05) is 38.1 Å². The molecule has 5 nitrogen and oxygen atoms in total. The molecule has 2 heterocycles. The number of urea groups is 1. The van der Waals surface area contributed by atoms with Crippen LogP contribution in [0.25, 0.3) is 0 Å². The Bertz CT molecular complexity index is 802. The standard InChI is InChI=1S/C23H30N4O/c1-26-14-11-20-15-19(9-10-21(20)26)22(27-12-5-6-13-27)17-25-23(28)24-16-18-7-3-2-4-8-18/h2-4,7-10,15,22H,5-6,11-14,16-17H2,1H3,(H2,24,25,28). The Morgan fingerprint density at radius 1 is 1.04 bits per heavy atom. The maximum atomic E-state index is 12.3. The highest BCUT2D eigenvalue weighted by atomic mass is 16.2. The van der Waals surface area contributed by atoms with E-state index in [2.05, 4.69) is 45.7 Å². The molecule has 2 amide bonds. The van der Waals surface area contributed by atoms with Crippen molar-refractivity contribution in [3.05, 3.63) is 65.2 Å². The molecule has 2 aliphatic heterocycles. The van der Waals surface area contributed by atoms with Crippen LogP contribution < -0.4 is 15.5 Å². The summed E-state index contributed by atoms with van der Waals surface area (Å²) in [5.74, 6) is 0. The molecule has 2 aliphatic rings. The minimum atomic E-state index is -0.103. The summed E-state index contributed by atoms with van der Waals surface area (Å²) < 4.78 is 0. The normalized spacial score (nSPS) is 17.4. The van der Waals surface area contributed by atoms with Crippen LogP contribution in [-0.2, 0) is 13.0 Å². The summed E-state index contributed by atoms with van der Waals surface area (Å²) in [6, 6.07) is 17.0. The molecule has 0 bridgehead atoms. The first-order valence-corrected chi connectivity index (χ1v) is 10.3. The summed E-state index contributed by atoms with van der Waals surface area (Å²) in [7, 11) is 2.15. The first-order chi connectivity index (χ1) is 13.7. The van der Waals surface area contributed by atoms with Gasteiger partial charge < -0.3 is 15.5 Å². The molecule has 0 spiro atoms. The zero-order chi connectivity index (χ0) is 19.3. The summed E-state index contributed by atoms with van der Waals surface area (Å²) in [4.78, 5) is 17.2. The molecule has 0 aromatic heterocycles. The Labute approximate surface area is 167 Å². The van der Waals surface area contributed by atoms with Gasteiger partial charge in [-0.3, -0.25) is 4.90 Å². The van der Waals surface area contributed by atoms with E-state index in [4.69, 9.17) is 0 Å². The Kier molecular flexibility index (Phi) is 5.81. The first-order valence-electron chi connectivity index (χ1n) is 10.3. The number of likely N-dealkylation sites (N-methyl/N-ethyl adjacent to an activating group) is 1. The van der Waals surface area contributed by atoms with Gasteiger partial charge in [0, 0.05) is 32.4 Å². The van der Waals surface area contributed by atoms with Crippen LogP contribution in [0.5, 0.6) is 0 Å².